The fourth-order valence-electron chi connectivity index (χ4n) is 1.96. The molecule has 5 heteroatoms. The summed E-state index contributed by atoms with van der Waals surface area (Å²) >= 11 is 0. The summed E-state index contributed by atoms with van der Waals surface area (Å²) in [5.74, 6) is -0.348. The lowest BCUT2D eigenvalue weighted by Crippen LogP contribution is -1.98. The van der Waals surface area contributed by atoms with Crippen LogP contribution in [0.2, 0.25) is 0 Å². The summed E-state index contributed by atoms with van der Waals surface area (Å²) < 4.78 is 7.17. The Hall–Kier alpha value is -2.82. The van der Waals surface area contributed by atoms with Crippen LogP contribution in [0.3, 0.4) is 0 Å². The number of rotatable bonds is 4. The Morgan fingerprint density at radius 2 is 2.00 bits per heavy atom. The number of ether oxygens (including phenoxy) is 1. The summed E-state index contributed by atoms with van der Waals surface area (Å²) in [6.07, 6.45) is 3.00. The van der Waals surface area contributed by atoms with E-state index in [9.17, 15) is 4.79 Å². The predicted octanol–water partition coefficient (Wildman–Crippen LogP) is 2.61. The maximum absolute atomic E-state index is 11.0. The number of carbonyl (C=O) groups is 1. The lowest BCUT2D eigenvalue weighted by Gasteiger charge is -2.06. The molecule has 100 valence electrons. The van der Waals surface area contributed by atoms with Crippen LogP contribution in [0.15, 0.2) is 54.9 Å². The molecule has 0 aliphatic rings. The SMILES string of the molecule is O=C(O)c1cnn2cc(OCc3ccccc3)ccc12. The highest BCUT2D eigenvalue weighted by Gasteiger charge is 2.11. The van der Waals surface area contributed by atoms with Gasteiger partial charge in [-0.1, -0.05) is 30.3 Å². The van der Waals surface area contributed by atoms with Gasteiger partial charge in [0.15, 0.2) is 0 Å². The third kappa shape index (κ3) is 2.33. The Bertz CT molecular complexity index is 750. The number of benzene rings is 1. The summed E-state index contributed by atoms with van der Waals surface area (Å²) in [7, 11) is 0. The molecule has 20 heavy (non-hydrogen) atoms. The van der Waals surface area contributed by atoms with E-state index in [-0.39, 0.29) is 5.56 Å². The predicted molar refractivity (Wildman–Crippen MR) is 72.9 cm³/mol. The molecule has 0 fully saturated rings. The molecule has 0 unspecified atom stereocenters. The van der Waals surface area contributed by atoms with Crippen LogP contribution in [-0.4, -0.2) is 20.7 Å². The van der Waals surface area contributed by atoms with Crippen LogP contribution in [0, 0.1) is 0 Å². The van der Waals surface area contributed by atoms with E-state index in [1.165, 1.54) is 10.7 Å². The van der Waals surface area contributed by atoms with Crippen molar-refractivity contribution in [1.29, 1.82) is 0 Å². The van der Waals surface area contributed by atoms with E-state index in [1.807, 2.05) is 30.3 Å². The smallest absolute Gasteiger partial charge is 0.339 e. The lowest BCUT2D eigenvalue weighted by atomic mass is 10.2. The highest BCUT2D eigenvalue weighted by Crippen LogP contribution is 2.17. The van der Waals surface area contributed by atoms with Gasteiger partial charge in [0.25, 0.3) is 0 Å². The minimum Gasteiger partial charge on any atom is -0.487 e. The molecule has 0 bridgehead atoms. The van der Waals surface area contributed by atoms with Gasteiger partial charge in [0, 0.05) is 0 Å². The van der Waals surface area contributed by atoms with Crippen LogP contribution in [0.1, 0.15) is 15.9 Å². The van der Waals surface area contributed by atoms with Crippen LogP contribution in [-0.2, 0) is 6.61 Å². The van der Waals surface area contributed by atoms with Gasteiger partial charge in [-0.05, 0) is 17.7 Å². The number of carboxylic acids is 1. The topological polar surface area (TPSA) is 63.8 Å². The molecule has 5 nitrogen and oxygen atoms in total. The number of hydrogen-bond acceptors (Lipinski definition) is 3. The van der Waals surface area contributed by atoms with Crippen molar-refractivity contribution >= 4 is 11.5 Å². The third-order valence-corrected chi connectivity index (χ3v) is 2.97. The van der Waals surface area contributed by atoms with Crippen molar-refractivity contribution in [2.45, 2.75) is 6.61 Å². The standard InChI is InChI=1S/C15H12N2O3/c18-15(19)13-8-16-17-9-12(6-7-14(13)17)20-10-11-4-2-1-3-5-11/h1-9H,10H2,(H,18,19). The van der Waals surface area contributed by atoms with E-state index in [2.05, 4.69) is 5.10 Å². The summed E-state index contributed by atoms with van der Waals surface area (Å²) in [4.78, 5) is 11.0. The number of fused-ring (bicyclic) bond motifs is 1. The molecule has 0 amide bonds. The number of nitrogens with zero attached hydrogens (tertiary/aromatic N) is 2. The first-order chi connectivity index (χ1) is 9.74. The van der Waals surface area contributed by atoms with Crippen molar-refractivity contribution in [3.05, 3.63) is 66.0 Å². The molecule has 0 aliphatic heterocycles. The zero-order valence-electron chi connectivity index (χ0n) is 10.6. The summed E-state index contributed by atoms with van der Waals surface area (Å²) in [5, 5.41) is 13.0. The maximum Gasteiger partial charge on any atom is 0.339 e. The monoisotopic (exact) mass is 268 g/mol. The second kappa shape index (κ2) is 5.05. The van der Waals surface area contributed by atoms with Crippen LogP contribution in [0.25, 0.3) is 5.52 Å². The van der Waals surface area contributed by atoms with Crippen LogP contribution >= 0.6 is 0 Å². The first-order valence-electron chi connectivity index (χ1n) is 6.11. The van der Waals surface area contributed by atoms with Gasteiger partial charge in [-0.15, -0.1) is 0 Å². The maximum atomic E-state index is 11.0. The molecular formula is C15H12N2O3. The summed E-state index contributed by atoms with van der Waals surface area (Å²) in [6, 6.07) is 13.3. The molecule has 2 heterocycles. The molecule has 0 saturated carbocycles. The van der Waals surface area contributed by atoms with Crippen LogP contribution in [0.5, 0.6) is 5.75 Å². The number of aromatic carboxylic acids is 1. The average Bonchev–Trinajstić information content (AvgIpc) is 2.89. The van der Waals surface area contributed by atoms with Gasteiger partial charge < -0.3 is 9.84 Å². The van der Waals surface area contributed by atoms with Crippen molar-refractivity contribution < 1.29 is 14.6 Å². The molecular weight excluding hydrogens is 256 g/mol. The Balaban J connectivity index is 1.81. The largest absolute Gasteiger partial charge is 0.487 e. The Morgan fingerprint density at radius 3 is 2.75 bits per heavy atom. The molecule has 0 atom stereocenters. The third-order valence-electron chi connectivity index (χ3n) is 2.97. The zero-order valence-corrected chi connectivity index (χ0v) is 10.6. The number of hydrogen-bond donors (Lipinski definition) is 1. The van der Waals surface area contributed by atoms with Gasteiger partial charge >= 0.3 is 5.97 Å². The number of aromatic nitrogens is 2. The molecule has 3 rings (SSSR count). The normalized spacial score (nSPS) is 10.6. The molecule has 3 aromatic rings. The van der Waals surface area contributed by atoms with Gasteiger partial charge in [0.1, 0.15) is 17.9 Å². The van der Waals surface area contributed by atoms with E-state index in [0.29, 0.717) is 17.9 Å². The van der Waals surface area contributed by atoms with Gasteiger partial charge in [0.05, 0.1) is 17.9 Å². The zero-order chi connectivity index (χ0) is 13.9. The quantitative estimate of drug-likeness (QED) is 0.790. The Morgan fingerprint density at radius 1 is 1.20 bits per heavy atom. The minimum atomic E-state index is -0.988. The molecule has 1 N–H and O–H groups in total. The Kier molecular flexibility index (Phi) is 3.09. The first-order valence-corrected chi connectivity index (χ1v) is 6.11. The van der Waals surface area contributed by atoms with Crippen LogP contribution < -0.4 is 4.74 Å². The van der Waals surface area contributed by atoms with Crippen molar-refractivity contribution in [2.75, 3.05) is 0 Å². The Labute approximate surface area is 115 Å². The first kappa shape index (κ1) is 12.2. The van der Waals surface area contributed by atoms with E-state index in [1.54, 1.807) is 18.3 Å². The second-order valence-corrected chi connectivity index (χ2v) is 4.33. The second-order valence-electron chi connectivity index (χ2n) is 4.33. The van der Waals surface area contributed by atoms with E-state index >= 15 is 0 Å². The van der Waals surface area contributed by atoms with E-state index in [0.717, 1.165) is 5.56 Å². The lowest BCUT2D eigenvalue weighted by molar-refractivity contribution is 0.0699. The molecule has 1 aromatic carbocycles. The molecule has 0 saturated heterocycles. The summed E-state index contributed by atoms with van der Waals surface area (Å²) in [5.41, 5.74) is 1.79. The van der Waals surface area contributed by atoms with E-state index in [4.69, 9.17) is 9.84 Å². The van der Waals surface area contributed by atoms with Crippen molar-refractivity contribution in [1.82, 2.24) is 9.61 Å². The molecule has 0 aliphatic carbocycles. The van der Waals surface area contributed by atoms with E-state index < -0.39 is 5.97 Å². The van der Waals surface area contributed by atoms with Gasteiger partial charge in [-0.3, -0.25) is 0 Å². The molecule has 2 aromatic heterocycles. The van der Waals surface area contributed by atoms with Crippen molar-refractivity contribution in [2.24, 2.45) is 0 Å². The average molecular weight is 268 g/mol. The minimum absolute atomic E-state index is 0.180. The highest BCUT2D eigenvalue weighted by atomic mass is 16.5. The molecule has 0 spiro atoms. The van der Waals surface area contributed by atoms with Gasteiger partial charge in [-0.25, -0.2) is 9.31 Å². The molecule has 0 radical (unpaired) electrons. The fraction of sp³-hybridized carbons (Fsp3) is 0.0667. The van der Waals surface area contributed by atoms with Crippen molar-refractivity contribution in [3.63, 3.8) is 0 Å². The van der Waals surface area contributed by atoms with Gasteiger partial charge in [-0.2, -0.15) is 5.10 Å². The fourth-order valence-corrected chi connectivity index (χ4v) is 1.96. The number of carboxylic acid groups (broad SMARTS) is 1. The summed E-state index contributed by atoms with van der Waals surface area (Å²) in [6.45, 7) is 0.458. The number of pyridine rings is 1. The van der Waals surface area contributed by atoms with Crippen molar-refractivity contribution in [3.8, 4) is 5.75 Å². The highest BCUT2D eigenvalue weighted by molar-refractivity contribution is 5.95. The van der Waals surface area contributed by atoms with Crippen LogP contribution in [0.4, 0.5) is 0 Å². The van der Waals surface area contributed by atoms with Gasteiger partial charge in [0.2, 0.25) is 0 Å².